The number of ether oxygens (including phenoxy) is 1. The van der Waals surface area contributed by atoms with Crippen LogP contribution in [0.3, 0.4) is 0 Å². The highest BCUT2D eigenvalue weighted by Gasteiger charge is 2.33. The average molecular weight is 294 g/mol. The summed E-state index contributed by atoms with van der Waals surface area (Å²) in [6.45, 7) is 3.45. The van der Waals surface area contributed by atoms with Gasteiger partial charge in [-0.15, -0.1) is 0 Å². The van der Waals surface area contributed by atoms with Crippen molar-refractivity contribution >= 4 is 5.91 Å². The third kappa shape index (κ3) is 4.00. The van der Waals surface area contributed by atoms with Gasteiger partial charge in [-0.25, -0.2) is 0 Å². The summed E-state index contributed by atoms with van der Waals surface area (Å²) in [5.74, 6) is -0.363. The smallest absolute Gasteiger partial charge is 0.253 e. The number of hydrogen-bond donors (Lipinski definition) is 2. The lowest BCUT2D eigenvalue weighted by atomic mass is 9.95. The summed E-state index contributed by atoms with van der Waals surface area (Å²) in [6.07, 6.45) is 2.24. The fraction of sp³-hybridized carbons (Fsp3) is 0.600. The molecular formula is C15H22N2O4. The summed E-state index contributed by atoms with van der Waals surface area (Å²) in [5, 5.41) is 19.7. The molecule has 0 aliphatic carbocycles. The molecule has 0 saturated carbocycles. The molecule has 2 heterocycles. The van der Waals surface area contributed by atoms with Gasteiger partial charge in [-0.2, -0.15) is 0 Å². The minimum atomic E-state index is -0.886. The highest BCUT2D eigenvalue weighted by molar-refractivity contribution is 5.94. The largest absolute Gasteiger partial charge is 0.390 e. The fourth-order valence-electron chi connectivity index (χ4n) is 2.52. The van der Waals surface area contributed by atoms with E-state index >= 15 is 0 Å². The van der Waals surface area contributed by atoms with Crippen LogP contribution in [0, 0.1) is 5.92 Å². The minimum absolute atomic E-state index is 0.0912. The number of aliphatic hydroxyl groups is 2. The maximum Gasteiger partial charge on any atom is 0.253 e. The number of aromatic nitrogens is 1. The number of hydrogen-bond acceptors (Lipinski definition) is 5. The van der Waals surface area contributed by atoms with Gasteiger partial charge in [0.25, 0.3) is 5.91 Å². The van der Waals surface area contributed by atoms with Crippen LogP contribution < -0.4 is 0 Å². The first-order valence-electron chi connectivity index (χ1n) is 7.26. The third-order valence-electron chi connectivity index (χ3n) is 3.66. The van der Waals surface area contributed by atoms with Crippen LogP contribution >= 0.6 is 0 Å². The second-order valence-electron chi connectivity index (χ2n) is 5.34. The second kappa shape index (κ2) is 7.49. The summed E-state index contributed by atoms with van der Waals surface area (Å²) < 4.78 is 5.27. The van der Waals surface area contributed by atoms with Crippen LogP contribution in [0.25, 0.3) is 0 Å². The Bertz CT molecular complexity index is 454. The van der Waals surface area contributed by atoms with Gasteiger partial charge < -0.3 is 19.8 Å². The summed E-state index contributed by atoms with van der Waals surface area (Å²) in [6, 6.07) is 3.35. The van der Waals surface area contributed by atoms with Crippen molar-refractivity contribution in [2.45, 2.75) is 25.6 Å². The van der Waals surface area contributed by atoms with Crippen LogP contribution in [0.15, 0.2) is 24.5 Å². The molecule has 1 aromatic rings. The maximum absolute atomic E-state index is 12.5. The van der Waals surface area contributed by atoms with E-state index in [4.69, 9.17) is 4.74 Å². The van der Waals surface area contributed by atoms with Crippen molar-refractivity contribution in [2.24, 2.45) is 5.92 Å². The topological polar surface area (TPSA) is 82.9 Å². The van der Waals surface area contributed by atoms with Crippen LogP contribution in [0.2, 0.25) is 0 Å². The van der Waals surface area contributed by atoms with Gasteiger partial charge in [-0.3, -0.25) is 9.78 Å². The Morgan fingerprint density at radius 2 is 2.10 bits per heavy atom. The molecule has 2 N–H and O–H groups in total. The maximum atomic E-state index is 12.5. The number of rotatable bonds is 5. The molecule has 0 radical (unpaired) electrons. The molecule has 3 atom stereocenters. The highest BCUT2D eigenvalue weighted by Crippen LogP contribution is 2.18. The van der Waals surface area contributed by atoms with Gasteiger partial charge in [0.2, 0.25) is 0 Å². The van der Waals surface area contributed by atoms with E-state index < -0.39 is 12.2 Å². The highest BCUT2D eigenvalue weighted by atomic mass is 16.5. The normalized spacial score (nSPS) is 25.6. The zero-order valence-electron chi connectivity index (χ0n) is 12.2. The molecule has 0 aromatic carbocycles. The molecule has 0 bridgehead atoms. The molecule has 1 saturated heterocycles. The van der Waals surface area contributed by atoms with Crippen molar-refractivity contribution in [3.63, 3.8) is 0 Å². The van der Waals surface area contributed by atoms with Gasteiger partial charge in [-0.1, -0.05) is 6.92 Å². The molecule has 1 aromatic heterocycles. The van der Waals surface area contributed by atoms with Crippen LogP contribution in [0.4, 0.5) is 0 Å². The summed E-state index contributed by atoms with van der Waals surface area (Å²) in [7, 11) is 0. The van der Waals surface area contributed by atoms with E-state index in [1.165, 1.54) is 0 Å². The predicted octanol–water partition coefficient (Wildman–Crippen LogP) is 0.302. The first kappa shape index (κ1) is 15.9. The van der Waals surface area contributed by atoms with Gasteiger partial charge in [-0.05, 0) is 18.6 Å². The first-order valence-corrected chi connectivity index (χ1v) is 7.26. The molecule has 1 aliphatic heterocycles. The fourth-order valence-corrected chi connectivity index (χ4v) is 2.52. The van der Waals surface area contributed by atoms with Crippen LogP contribution in [0.1, 0.15) is 23.7 Å². The van der Waals surface area contributed by atoms with E-state index in [0.29, 0.717) is 25.3 Å². The van der Waals surface area contributed by atoms with Crippen molar-refractivity contribution in [3.05, 3.63) is 30.1 Å². The Hall–Kier alpha value is -1.50. The van der Waals surface area contributed by atoms with Crippen LogP contribution in [-0.2, 0) is 4.74 Å². The number of pyridine rings is 1. The number of amides is 1. The molecule has 0 spiro atoms. The van der Waals surface area contributed by atoms with Gasteiger partial charge in [0, 0.05) is 37.0 Å². The first-order chi connectivity index (χ1) is 10.1. The molecule has 1 amide bonds. The predicted molar refractivity (Wildman–Crippen MR) is 76.8 cm³/mol. The molecule has 21 heavy (non-hydrogen) atoms. The van der Waals surface area contributed by atoms with Gasteiger partial charge in [0.05, 0.1) is 19.3 Å². The van der Waals surface area contributed by atoms with Gasteiger partial charge in [0.15, 0.2) is 0 Å². The molecule has 116 valence electrons. The van der Waals surface area contributed by atoms with Crippen LogP contribution in [0.5, 0.6) is 0 Å². The molecule has 0 unspecified atom stereocenters. The quantitative estimate of drug-likeness (QED) is 0.816. The van der Waals surface area contributed by atoms with Crippen molar-refractivity contribution in [1.82, 2.24) is 9.88 Å². The lowest BCUT2D eigenvalue weighted by Gasteiger charge is -2.35. The molecule has 2 rings (SSSR count). The monoisotopic (exact) mass is 294 g/mol. The van der Waals surface area contributed by atoms with Gasteiger partial charge in [0.1, 0.15) is 6.10 Å². The summed E-state index contributed by atoms with van der Waals surface area (Å²) in [4.78, 5) is 18.1. The Balaban J connectivity index is 2.06. The van der Waals surface area contributed by atoms with Crippen molar-refractivity contribution < 1.29 is 19.7 Å². The van der Waals surface area contributed by atoms with Crippen molar-refractivity contribution in [3.8, 4) is 0 Å². The zero-order chi connectivity index (χ0) is 15.2. The van der Waals surface area contributed by atoms with Gasteiger partial charge >= 0.3 is 0 Å². The average Bonchev–Trinajstić information content (AvgIpc) is 2.51. The van der Waals surface area contributed by atoms with Crippen molar-refractivity contribution in [1.29, 1.82) is 0 Å². The lowest BCUT2D eigenvalue weighted by molar-refractivity contribution is -0.124. The summed E-state index contributed by atoms with van der Waals surface area (Å²) in [5.41, 5.74) is 0.574. The summed E-state index contributed by atoms with van der Waals surface area (Å²) >= 11 is 0. The molecule has 6 heteroatoms. The van der Waals surface area contributed by atoms with E-state index in [9.17, 15) is 15.0 Å². The van der Waals surface area contributed by atoms with Crippen LogP contribution in [-0.4, -0.2) is 64.5 Å². The molecule has 1 aliphatic rings. The molecular weight excluding hydrogens is 272 g/mol. The Kier molecular flexibility index (Phi) is 5.67. The Labute approximate surface area is 124 Å². The van der Waals surface area contributed by atoms with Crippen molar-refractivity contribution in [2.75, 3.05) is 26.3 Å². The molecule has 1 fully saturated rings. The minimum Gasteiger partial charge on any atom is -0.390 e. The van der Waals surface area contributed by atoms with E-state index in [2.05, 4.69) is 4.98 Å². The third-order valence-corrected chi connectivity index (χ3v) is 3.66. The number of carbonyl (C=O) groups excluding carboxylic acids is 1. The van der Waals surface area contributed by atoms with E-state index in [1.54, 1.807) is 29.4 Å². The Morgan fingerprint density at radius 1 is 1.38 bits per heavy atom. The lowest BCUT2D eigenvalue weighted by Crippen LogP contribution is -2.49. The Morgan fingerprint density at radius 3 is 2.76 bits per heavy atom. The van der Waals surface area contributed by atoms with E-state index in [1.807, 2.05) is 6.92 Å². The SMILES string of the molecule is CCCN(C[C@@H]1COC[C@@H](O)[C@H]1O)C(=O)c1ccncc1. The van der Waals surface area contributed by atoms with E-state index in [0.717, 1.165) is 6.42 Å². The molecule has 6 nitrogen and oxygen atoms in total. The number of aliphatic hydroxyl groups excluding tert-OH is 2. The standard InChI is InChI=1S/C15H22N2O4/c1-2-7-17(15(20)11-3-5-16-6-4-11)8-12-9-21-10-13(18)14(12)19/h3-6,12-14,18-19H,2,7-10H2,1H3/t12-,13-,14+/m1/s1. The van der Waals surface area contributed by atoms with E-state index in [-0.39, 0.29) is 18.4 Å². The number of carbonyl (C=O) groups is 1. The zero-order valence-corrected chi connectivity index (χ0v) is 12.2. The number of nitrogens with zero attached hydrogens (tertiary/aromatic N) is 2. The second-order valence-corrected chi connectivity index (χ2v) is 5.34.